The molecule has 10 heteroatoms. The number of imidazole rings is 1. The Kier molecular flexibility index (Phi) is 8.38. The molecule has 0 amide bonds. The first-order valence-electron chi connectivity index (χ1n) is 15.7. The molecule has 2 aliphatic heterocycles. The average Bonchev–Trinajstić information content (AvgIpc) is 3.86. The predicted molar refractivity (Wildman–Crippen MR) is 176 cm³/mol. The number of methoxy groups -OCH3 is 2. The van der Waals surface area contributed by atoms with Gasteiger partial charge in [0.05, 0.1) is 33.3 Å². The fourth-order valence-corrected chi connectivity index (χ4v) is 6.50. The van der Waals surface area contributed by atoms with E-state index >= 15 is 0 Å². The van der Waals surface area contributed by atoms with Crippen molar-refractivity contribution < 1.29 is 18.9 Å². The van der Waals surface area contributed by atoms with E-state index < -0.39 is 5.60 Å². The fourth-order valence-electron chi connectivity index (χ4n) is 6.50. The lowest BCUT2D eigenvalue weighted by atomic mass is 9.80. The Morgan fingerprint density at radius 2 is 1.52 bits per heavy atom. The second kappa shape index (κ2) is 12.9. The van der Waals surface area contributed by atoms with Crippen molar-refractivity contribution in [2.75, 3.05) is 34.4 Å². The van der Waals surface area contributed by atoms with Gasteiger partial charge in [0.1, 0.15) is 35.5 Å². The van der Waals surface area contributed by atoms with Crippen LogP contribution in [-0.2, 0) is 15.1 Å². The van der Waals surface area contributed by atoms with E-state index in [0.717, 1.165) is 71.9 Å². The summed E-state index contributed by atoms with van der Waals surface area (Å²) in [6, 6.07) is 26.5. The van der Waals surface area contributed by atoms with Gasteiger partial charge in [-0.3, -0.25) is 4.57 Å². The van der Waals surface area contributed by atoms with E-state index in [1.807, 2.05) is 47.0 Å². The number of ether oxygens (including phenoxy) is 4. The third-order valence-corrected chi connectivity index (χ3v) is 8.96. The molecule has 2 saturated heterocycles. The van der Waals surface area contributed by atoms with Gasteiger partial charge in [-0.1, -0.05) is 54.6 Å². The molecule has 0 N–H and O–H groups in total. The Labute approximate surface area is 268 Å². The van der Waals surface area contributed by atoms with Gasteiger partial charge < -0.3 is 23.8 Å². The average molecular weight is 619 g/mol. The first kappa shape index (κ1) is 29.9. The van der Waals surface area contributed by atoms with Gasteiger partial charge in [0, 0.05) is 20.0 Å². The van der Waals surface area contributed by atoms with Crippen LogP contribution in [-0.4, -0.2) is 70.8 Å². The summed E-state index contributed by atoms with van der Waals surface area (Å²) in [5, 5.41) is 0. The molecular formula is C36H38N6O4. The molecule has 2 atom stereocenters. The second-order valence-electron chi connectivity index (χ2n) is 11.7. The Hall–Kier alpha value is -4.80. The topological polar surface area (TPSA) is 96.1 Å². The zero-order chi connectivity index (χ0) is 31.5. The lowest BCUT2D eigenvalue weighted by molar-refractivity contribution is -0.0756. The highest BCUT2D eigenvalue weighted by Crippen LogP contribution is 2.43. The van der Waals surface area contributed by atoms with Gasteiger partial charge in [-0.2, -0.15) is 0 Å². The SMILES string of the molecule is COc1ccc(C(OCC2CCC(n3cnc4c(/N=C5\CCCN5C)ncnc43)O2)(c2ccccc2)c2ccc(OC)cc2)cc1. The van der Waals surface area contributed by atoms with Crippen molar-refractivity contribution in [3.8, 4) is 11.5 Å². The van der Waals surface area contributed by atoms with Crippen molar-refractivity contribution in [2.24, 2.45) is 4.99 Å². The minimum Gasteiger partial charge on any atom is -0.497 e. The number of aromatic nitrogens is 4. The molecule has 0 aliphatic carbocycles. The maximum atomic E-state index is 7.10. The smallest absolute Gasteiger partial charge is 0.185 e. The van der Waals surface area contributed by atoms with Gasteiger partial charge in [0.2, 0.25) is 0 Å². The van der Waals surface area contributed by atoms with Gasteiger partial charge in [-0.05, 0) is 60.2 Å². The molecule has 5 aromatic rings. The molecule has 3 aromatic carbocycles. The lowest BCUT2D eigenvalue weighted by Crippen LogP contribution is -2.35. The van der Waals surface area contributed by atoms with E-state index in [0.29, 0.717) is 17.9 Å². The first-order valence-corrected chi connectivity index (χ1v) is 15.7. The predicted octanol–water partition coefficient (Wildman–Crippen LogP) is 6.29. The molecule has 10 nitrogen and oxygen atoms in total. The Bertz CT molecular complexity index is 1760. The largest absolute Gasteiger partial charge is 0.497 e. The highest BCUT2D eigenvalue weighted by Gasteiger charge is 2.40. The van der Waals surface area contributed by atoms with E-state index in [-0.39, 0.29) is 12.3 Å². The van der Waals surface area contributed by atoms with Crippen LogP contribution in [0.1, 0.15) is 48.6 Å². The normalized spacial score (nSPS) is 19.3. The summed E-state index contributed by atoms with van der Waals surface area (Å²) in [6.45, 7) is 1.37. The van der Waals surface area contributed by atoms with Crippen molar-refractivity contribution in [1.29, 1.82) is 0 Å². The fraction of sp³-hybridized carbons (Fsp3) is 0.333. The molecular weight excluding hydrogens is 580 g/mol. The van der Waals surface area contributed by atoms with Crippen LogP contribution in [0.15, 0.2) is 96.5 Å². The molecule has 0 saturated carbocycles. The number of likely N-dealkylation sites (tertiary alicyclic amines) is 1. The molecule has 2 aromatic heterocycles. The van der Waals surface area contributed by atoms with Crippen molar-refractivity contribution in [3.05, 3.63) is 108 Å². The molecule has 2 aliphatic rings. The van der Waals surface area contributed by atoms with Crippen molar-refractivity contribution >= 4 is 22.8 Å². The maximum absolute atomic E-state index is 7.10. The molecule has 2 fully saturated rings. The van der Waals surface area contributed by atoms with Crippen molar-refractivity contribution in [1.82, 2.24) is 24.4 Å². The number of amidine groups is 1. The van der Waals surface area contributed by atoms with Crippen molar-refractivity contribution in [2.45, 2.75) is 43.6 Å². The number of fused-ring (bicyclic) bond motifs is 1. The number of aliphatic imine (C=N–C) groups is 1. The number of hydrogen-bond acceptors (Lipinski definition) is 8. The molecule has 7 rings (SSSR count). The van der Waals surface area contributed by atoms with Gasteiger partial charge in [0.15, 0.2) is 17.0 Å². The van der Waals surface area contributed by atoms with Gasteiger partial charge in [-0.15, -0.1) is 0 Å². The Morgan fingerprint density at radius 3 is 2.15 bits per heavy atom. The van der Waals surface area contributed by atoms with Crippen LogP contribution < -0.4 is 9.47 Å². The standard InChI is InChI=1S/C36H38N6O4/c1-41-21-7-10-31(41)40-34-33-35(38-23-37-34)42(24-39-33)32-20-19-30(46-32)22-45-36(25-8-5-4-6-9-25,26-11-15-28(43-2)16-12-26)27-13-17-29(44-3)18-14-27/h4-6,8-9,11-18,23-24,30,32H,7,10,19-22H2,1-3H3/b40-31+. The third kappa shape index (κ3) is 5.59. The summed E-state index contributed by atoms with van der Waals surface area (Å²) in [5.41, 5.74) is 3.48. The van der Waals surface area contributed by atoms with Crippen LogP contribution in [0.3, 0.4) is 0 Å². The van der Waals surface area contributed by atoms with Gasteiger partial charge in [0.25, 0.3) is 0 Å². The molecule has 2 unspecified atom stereocenters. The molecule has 0 radical (unpaired) electrons. The zero-order valence-corrected chi connectivity index (χ0v) is 26.4. The highest BCUT2D eigenvalue weighted by molar-refractivity contribution is 5.90. The highest BCUT2D eigenvalue weighted by atomic mass is 16.6. The van der Waals surface area contributed by atoms with Crippen LogP contribution in [0, 0.1) is 0 Å². The van der Waals surface area contributed by atoms with Gasteiger partial charge in [-0.25, -0.2) is 19.9 Å². The summed E-state index contributed by atoms with van der Waals surface area (Å²) >= 11 is 0. The number of nitrogens with zero attached hydrogens (tertiary/aromatic N) is 6. The summed E-state index contributed by atoms with van der Waals surface area (Å²) in [4.78, 5) is 20.7. The second-order valence-corrected chi connectivity index (χ2v) is 11.7. The summed E-state index contributed by atoms with van der Waals surface area (Å²) < 4.78 is 26.7. The maximum Gasteiger partial charge on any atom is 0.185 e. The zero-order valence-electron chi connectivity index (χ0n) is 26.4. The molecule has 236 valence electrons. The molecule has 4 heterocycles. The lowest BCUT2D eigenvalue weighted by Gasteiger charge is -2.37. The van der Waals surface area contributed by atoms with E-state index in [2.05, 4.69) is 63.3 Å². The molecule has 0 bridgehead atoms. The minimum absolute atomic E-state index is 0.143. The van der Waals surface area contributed by atoms with Crippen LogP contribution in [0.4, 0.5) is 5.82 Å². The van der Waals surface area contributed by atoms with E-state index in [4.69, 9.17) is 23.9 Å². The summed E-state index contributed by atoms with van der Waals surface area (Å²) in [6.07, 6.45) is 6.64. The summed E-state index contributed by atoms with van der Waals surface area (Å²) in [5.74, 6) is 3.18. The van der Waals surface area contributed by atoms with Gasteiger partial charge >= 0.3 is 0 Å². The first-order chi connectivity index (χ1) is 22.6. The Balaban J connectivity index is 1.18. The molecule has 0 spiro atoms. The van der Waals surface area contributed by atoms with Crippen LogP contribution in [0.5, 0.6) is 11.5 Å². The molecule has 46 heavy (non-hydrogen) atoms. The third-order valence-electron chi connectivity index (χ3n) is 8.96. The van der Waals surface area contributed by atoms with Crippen molar-refractivity contribution in [3.63, 3.8) is 0 Å². The number of benzene rings is 3. The van der Waals surface area contributed by atoms with Crippen LogP contribution in [0.2, 0.25) is 0 Å². The summed E-state index contributed by atoms with van der Waals surface area (Å²) in [7, 11) is 5.41. The number of hydrogen-bond donors (Lipinski definition) is 0. The van der Waals surface area contributed by atoms with E-state index in [9.17, 15) is 0 Å². The quantitative estimate of drug-likeness (QED) is 0.169. The minimum atomic E-state index is -0.905. The van der Waals surface area contributed by atoms with Crippen LogP contribution in [0.25, 0.3) is 11.2 Å². The van der Waals surface area contributed by atoms with E-state index in [1.165, 1.54) is 0 Å². The number of rotatable bonds is 10. The monoisotopic (exact) mass is 618 g/mol. The van der Waals surface area contributed by atoms with E-state index in [1.54, 1.807) is 26.9 Å². The van der Waals surface area contributed by atoms with Crippen LogP contribution >= 0.6 is 0 Å². The Morgan fingerprint density at radius 1 is 0.848 bits per heavy atom.